The Hall–Kier alpha value is -2.74. The van der Waals surface area contributed by atoms with Gasteiger partial charge in [0.2, 0.25) is 5.91 Å². The van der Waals surface area contributed by atoms with E-state index in [9.17, 15) is 19.5 Å². The SMILES string of the molecule is O=C(Cn1cnc2ccccc2c1=O)NC1(C(=O)O)CCOC1. The molecule has 1 unspecified atom stereocenters. The van der Waals surface area contributed by atoms with E-state index >= 15 is 0 Å². The fourth-order valence-electron chi connectivity index (χ4n) is 2.57. The Bertz CT molecular complexity index is 823. The number of carboxylic acid groups (broad SMARTS) is 1. The van der Waals surface area contributed by atoms with E-state index in [4.69, 9.17) is 4.74 Å². The lowest BCUT2D eigenvalue weighted by atomic mass is 9.99. The van der Waals surface area contributed by atoms with Gasteiger partial charge in [-0.2, -0.15) is 0 Å². The van der Waals surface area contributed by atoms with Crippen LogP contribution in [0.4, 0.5) is 0 Å². The standard InChI is InChI=1S/C15H15N3O5/c19-12(17-15(14(21)22)5-6-23-8-15)7-18-9-16-11-4-2-1-3-10(11)13(18)20/h1-4,9H,5-8H2,(H,17,19)(H,21,22). The summed E-state index contributed by atoms with van der Waals surface area (Å²) in [7, 11) is 0. The van der Waals surface area contributed by atoms with E-state index in [-0.39, 0.29) is 31.7 Å². The van der Waals surface area contributed by atoms with Crippen molar-refractivity contribution >= 4 is 22.8 Å². The Morgan fingerprint density at radius 1 is 1.39 bits per heavy atom. The summed E-state index contributed by atoms with van der Waals surface area (Å²) in [5.74, 6) is -1.72. The average molecular weight is 317 g/mol. The molecule has 1 amide bonds. The predicted molar refractivity (Wildman–Crippen MR) is 79.9 cm³/mol. The zero-order valence-electron chi connectivity index (χ0n) is 12.2. The van der Waals surface area contributed by atoms with E-state index in [1.807, 2.05) is 0 Å². The molecule has 2 aromatic rings. The minimum atomic E-state index is -1.43. The van der Waals surface area contributed by atoms with Crippen LogP contribution in [0.15, 0.2) is 35.4 Å². The highest BCUT2D eigenvalue weighted by molar-refractivity contribution is 5.87. The van der Waals surface area contributed by atoms with Crippen molar-refractivity contribution in [2.45, 2.75) is 18.5 Å². The number of nitrogens with one attached hydrogen (secondary N) is 1. The maximum absolute atomic E-state index is 12.3. The van der Waals surface area contributed by atoms with Crippen molar-refractivity contribution in [3.8, 4) is 0 Å². The molecule has 1 fully saturated rings. The van der Waals surface area contributed by atoms with E-state index < -0.39 is 17.4 Å². The zero-order valence-corrected chi connectivity index (χ0v) is 12.2. The molecule has 3 rings (SSSR count). The van der Waals surface area contributed by atoms with Gasteiger partial charge in [0.25, 0.3) is 5.56 Å². The molecule has 0 bridgehead atoms. The van der Waals surface area contributed by atoms with Crippen LogP contribution in [0.25, 0.3) is 10.9 Å². The molecule has 120 valence electrons. The number of fused-ring (bicyclic) bond motifs is 1. The number of hydrogen-bond donors (Lipinski definition) is 2. The van der Waals surface area contributed by atoms with Gasteiger partial charge < -0.3 is 15.2 Å². The van der Waals surface area contributed by atoms with Gasteiger partial charge in [-0.1, -0.05) is 12.1 Å². The van der Waals surface area contributed by atoms with Gasteiger partial charge in [-0.15, -0.1) is 0 Å². The Morgan fingerprint density at radius 3 is 2.87 bits per heavy atom. The van der Waals surface area contributed by atoms with Crippen molar-refractivity contribution in [1.82, 2.24) is 14.9 Å². The summed E-state index contributed by atoms with van der Waals surface area (Å²) in [4.78, 5) is 40.0. The maximum Gasteiger partial charge on any atom is 0.331 e. The van der Waals surface area contributed by atoms with Crippen LogP contribution in [0.5, 0.6) is 0 Å². The first-order chi connectivity index (χ1) is 11.0. The molecule has 0 aliphatic carbocycles. The fraction of sp³-hybridized carbons (Fsp3) is 0.333. The minimum Gasteiger partial charge on any atom is -0.479 e. The first-order valence-electron chi connectivity index (χ1n) is 7.08. The highest BCUT2D eigenvalue weighted by Crippen LogP contribution is 2.18. The summed E-state index contributed by atoms with van der Waals surface area (Å²) < 4.78 is 6.23. The normalized spacial score (nSPS) is 20.5. The van der Waals surface area contributed by atoms with Gasteiger partial charge >= 0.3 is 5.97 Å². The van der Waals surface area contributed by atoms with Crippen molar-refractivity contribution in [3.63, 3.8) is 0 Å². The molecule has 1 aromatic carbocycles. The number of carbonyl (C=O) groups is 2. The van der Waals surface area contributed by atoms with E-state index in [2.05, 4.69) is 10.3 Å². The molecular formula is C15H15N3O5. The van der Waals surface area contributed by atoms with Crippen molar-refractivity contribution in [2.75, 3.05) is 13.2 Å². The highest BCUT2D eigenvalue weighted by Gasteiger charge is 2.43. The lowest BCUT2D eigenvalue weighted by Crippen LogP contribution is -2.56. The number of hydrogen-bond acceptors (Lipinski definition) is 5. The van der Waals surface area contributed by atoms with E-state index in [1.54, 1.807) is 24.3 Å². The van der Waals surface area contributed by atoms with Crippen molar-refractivity contribution in [2.24, 2.45) is 0 Å². The molecule has 1 saturated heterocycles. The van der Waals surface area contributed by atoms with Gasteiger partial charge in [-0.25, -0.2) is 9.78 Å². The van der Waals surface area contributed by atoms with Gasteiger partial charge in [-0.3, -0.25) is 14.2 Å². The number of carbonyl (C=O) groups excluding carboxylic acids is 1. The maximum atomic E-state index is 12.3. The highest BCUT2D eigenvalue weighted by atomic mass is 16.5. The zero-order chi connectivity index (χ0) is 16.4. The number of amides is 1. The van der Waals surface area contributed by atoms with Gasteiger partial charge in [0, 0.05) is 13.0 Å². The molecule has 0 radical (unpaired) electrons. The van der Waals surface area contributed by atoms with E-state index in [1.165, 1.54) is 6.33 Å². The van der Waals surface area contributed by atoms with E-state index in [0.717, 1.165) is 4.57 Å². The number of nitrogens with zero attached hydrogens (tertiary/aromatic N) is 2. The summed E-state index contributed by atoms with van der Waals surface area (Å²) in [6, 6.07) is 6.81. The quantitative estimate of drug-likeness (QED) is 0.805. The lowest BCUT2D eigenvalue weighted by Gasteiger charge is -2.23. The second kappa shape index (κ2) is 5.81. The Morgan fingerprint density at radius 2 is 2.17 bits per heavy atom. The fourth-order valence-corrected chi connectivity index (χ4v) is 2.57. The molecule has 0 saturated carbocycles. The molecule has 1 atom stereocenters. The van der Waals surface area contributed by atoms with Crippen LogP contribution in [0, 0.1) is 0 Å². The third-order valence-electron chi connectivity index (χ3n) is 3.86. The summed E-state index contributed by atoms with van der Waals surface area (Å²) in [5, 5.41) is 12.2. The number of aromatic nitrogens is 2. The first kappa shape index (κ1) is 15.2. The van der Waals surface area contributed by atoms with Crippen LogP contribution in [-0.4, -0.2) is 45.3 Å². The third-order valence-corrected chi connectivity index (χ3v) is 3.86. The van der Waals surface area contributed by atoms with Crippen LogP contribution in [0.3, 0.4) is 0 Å². The number of ether oxygens (including phenoxy) is 1. The minimum absolute atomic E-state index is 0.0844. The number of benzene rings is 1. The number of para-hydroxylation sites is 1. The van der Waals surface area contributed by atoms with Crippen LogP contribution < -0.4 is 10.9 Å². The van der Waals surface area contributed by atoms with Crippen LogP contribution in [0.1, 0.15) is 6.42 Å². The first-order valence-corrected chi connectivity index (χ1v) is 7.08. The summed E-state index contributed by atoms with van der Waals surface area (Å²) in [6.07, 6.45) is 1.47. The number of aliphatic carboxylic acids is 1. The van der Waals surface area contributed by atoms with Gasteiger partial charge in [0.05, 0.1) is 23.8 Å². The molecule has 8 nitrogen and oxygen atoms in total. The Balaban J connectivity index is 1.82. The van der Waals surface area contributed by atoms with Crippen LogP contribution in [0.2, 0.25) is 0 Å². The number of carboxylic acids is 1. The van der Waals surface area contributed by atoms with Crippen LogP contribution in [-0.2, 0) is 20.9 Å². The molecular weight excluding hydrogens is 302 g/mol. The third kappa shape index (κ3) is 2.80. The van der Waals surface area contributed by atoms with Crippen molar-refractivity contribution in [1.29, 1.82) is 0 Å². The van der Waals surface area contributed by atoms with Gasteiger partial charge in [0.15, 0.2) is 5.54 Å². The smallest absolute Gasteiger partial charge is 0.331 e. The monoisotopic (exact) mass is 317 g/mol. The second-order valence-corrected chi connectivity index (χ2v) is 5.43. The Labute approximate surface area is 130 Å². The Kier molecular flexibility index (Phi) is 3.83. The molecule has 2 heterocycles. The molecule has 1 aliphatic rings. The van der Waals surface area contributed by atoms with E-state index in [0.29, 0.717) is 10.9 Å². The van der Waals surface area contributed by atoms with Crippen LogP contribution >= 0.6 is 0 Å². The van der Waals surface area contributed by atoms with Crippen molar-refractivity contribution < 1.29 is 19.4 Å². The lowest BCUT2D eigenvalue weighted by molar-refractivity contribution is -0.147. The largest absolute Gasteiger partial charge is 0.479 e. The van der Waals surface area contributed by atoms with Gasteiger partial charge in [0.1, 0.15) is 6.54 Å². The molecule has 1 aromatic heterocycles. The molecule has 2 N–H and O–H groups in total. The second-order valence-electron chi connectivity index (χ2n) is 5.43. The molecule has 23 heavy (non-hydrogen) atoms. The van der Waals surface area contributed by atoms with Gasteiger partial charge in [-0.05, 0) is 12.1 Å². The molecule has 0 spiro atoms. The summed E-state index contributed by atoms with van der Waals surface area (Å²) in [5.41, 5.74) is -1.23. The summed E-state index contributed by atoms with van der Waals surface area (Å²) >= 11 is 0. The molecule has 1 aliphatic heterocycles. The number of rotatable bonds is 4. The summed E-state index contributed by atoms with van der Waals surface area (Å²) in [6.45, 7) is -0.116. The topological polar surface area (TPSA) is 111 Å². The average Bonchev–Trinajstić information content (AvgIpc) is 3.00. The van der Waals surface area contributed by atoms with Crippen molar-refractivity contribution in [3.05, 3.63) is 40.9 Å². The predicted octanol–water partition coefficient (Wildman–Crippen LogP) is -0.244. The molecule has 8 heteroatoms.